The van der Waals surface area contributed by atoms with E-state index in [1.54, 1.807) is 12.1 Å². The molecule has 0 atom stereocenters. The molecule has 0 saturated carbocycles. The molecule has 0 aliphatic rings. The Hall–Kier alpha value is -1.66. The number of carbonyl (C=O) groups excluding carboxylic acids is 1. The van der Waals surface area contributed by atoms with Crippen LogP contribution in [0.15, 0.2) is 39.2 Å². The van der Waals surface area contributed by atoms with Gasteiger partial charge in [-0.3, -0.25) is 4.79 Å². The van der Waals surface area contributed by atoms with E-state index >= 15 is 0 Å². The minimum Gasteiger partial charge on any atom is -0.455 e. The molecular weight excluding hydrogens is 303 g/mol. The molecule has 0 spiro atoms. The van der Waals surface area contributed by atoms with Crippen LogP contribution in [-0.2, 0) is 6.54 Å². The lowest BCUT2D eigenvalue weighted by atomic mass is 10.3. The van der Waals surface area contributed by atoms with E-state index in [2.05, 4.69) is 21.2 Å². The second-order valence-corrected chi connectivity index (χ2v) is 4.46. The number of carbonyl (C=O) groups is 1. The van der Waals surface area contributed by atoms with Crippen molar-refractivity contribution in [1.29, 1.82) is 0 Å². The minimum absolute atomic E-state index is 0.0834. The van der Waals surface area contributed by atoms with Crippen LogP contribution in [0.4, 0.5) is 10.1 Å². The van der Waals surface area contributed by atoms with E-state index in [0.29, 0.717) is 10.2 Å². The van der Waals surface area contributed by atoms with Gasteiger partial charge in [0.2, 0.25) is 0 Å². The molecule has 0 fully saturated rings. The molecule has 1 heterocycles. The maximum atomic E-state index is 13.4. The average molecular weight is 313 g/mol. The Kier molecular flexibility index (Phi) is 3.78. The minimum atomic E-state index is -0.522. The monoisotopic (exact) mass is 312 g/mol. The van der Waals surface area contributed by atoms with Gasteiger partial charge >= 0.3 is 0 Å². The van der Waals surface area contributed by atoms with Gasteiger partial charge in [-0.1, -0.05) is 15.9 Å². The summed E-state index contributed by atoms with van der Waals surface area (Å²) in [6.45, 7) is 0.207. The number of anilines is 1. The number of furan rings is 1. The first-order chi connectivity index (χ1) is 8.60. The number of amides is 1. The molecule has 2 aromatic rings. The zero-order chi connectivity index (χ0) is 13.1. The highest BCUT2D eigenvalue weighted by molar-refractivity contribution is 9.10. The number of nitrogens with one attached hydrogen (secondary N) is 1. The molecule has 1 amide bonds. The van der Waals surface area contributed by atoms with Crippen LogP contribution in [0.1, 0.15) is 16.3 Å². The molecule has 1 aromatic heterocycles. The van der Waals surface area contributed by atoms with Crippen molar-refractivity contribution in [2.75, 3.05) is 5.32 Å². The topological polar surface area (TPSA) is 68.3 Å². The smallest absolute Gasteiger partial charge is 0.291 e. The molecule has 94 valence electrons. The van der Waals surface area contributed by atoms with Crippen LogP contribution in [0.3, 0.4) is 0 Å². The molecule has 6 heteroatoms. The highest BCUT2D eigenvalue weighted by Gasteiger charge is 2.13. The maximum Gasteiger partial charge on any atom is 0.291 e. The Morgan fingerprint density at radius 3 is 2.83 bits per heavy atom. The highest BCUT2D eigenvalue weighted by Crippen LogP contribution is 2.21. The van der Waals surface area contributed by atoms with Crippen molar-refractivity contribution in [2.45, 2.75) is 6.54 Å². The van der Waals surface area contributed by atoms with Crippen molar-refractivity contribution in [3.63, 3.8) is 0 Å². The molecule has 4 nitrogen and oxygen atoms in total. The van der Waals surface area contributed by atoms with Crippen LogP contribution in [0.5, 0.6) is 0 Å². The van der Waals surface area contributed by atoms with Crippen LogP contribution in [-0.4, -0.2) is 5.91 Å². The average Bonchev–Trinajstić information content (AvgIpc) is 2.82. The summed E-state index contributed by atoms with van der Waals surface area (Å²) >= 11 is 3.20. The van der Waals surface area contributed by atoms with Gasteiger partial charge in [-0.05, 0) is 30.3 Å². The molecule has 2 rings (SSSR count). The van der Waals surface area contributed by atoms with Crippen LogP contribution in [0.25, 0.3) is 0 Å². The molecule has 18 heavy (non-hydrogen) atoms. The summed E-state index contributed by atoms with van der Waals surface area (Å²) in [5, 5.41) is 2.43. The van der Waals surface area contributed by atoms with E-state index < -0.39 is 11.7 Å². The van der Waals surface area contributed by atoms with E-state index in [0.717, 1.165) is 0 Å². The Bertz CT molecular complexity index is 583. The van der Waals surface area contributed by atoms with Crippen molar-refractivity contribution in [3.8, 4) is 0 Å². The zero-order valence-corrected chi connectivity index (χ0v) is 10.8. The Labute approximate surface area is 111 Å². The summed E-state index contributed by atoms with van der Waals surface area (Å²) in [6.07, 6.45) is 0. The Morgan fingerprint density at radius 1 is 1.39 bits per heavy atom. The second-order valence-electron chi connectivity index (χ2n) is 3.55. The fourth-order valence-corrected chi connectivity index (χ4v) is 1.75. The third-order valence-corrected chi connectivity index (χ3v) is 2.76. The predicted octanol–water partition coefficient (Wildman–Crippen LogP) is 2.89. The molecule has 0 unspecified atom stereocenters. The molecule has 3 N–H and O–H groups in total. The van der Waals surface area contributed by atoms with Crippen molar-refractivity contribution in [2.24, 2.45) is 5.73 Å². The second kappa shape index (κ2) is 5.32. The molecule has 1 aromatic carbocycles. The molecule has 0 bridgehead atoms. The number of benzene rings is 1. The highest BCUT2D eigenvalue weighted by atomic mass is 79.9. The van der Waals surface area contributed by atoms with Gasteiger partial charge in [0.05, 0.1) is 12.2 Å². The first-order valence-corrected chi connectivity index (χ1v) is 5.94. The third-order valence-electron chi connectivity index (χ3n) is 2.26. The summed E-state index contributed by atoms with van der Waals surface area (Å²) in [6, 6.07) is 7.37. The number of nitrogens with two attached hydrogens (primary N) is 1. The van der Waals surface area contributed by atoms with Crippen molar-refractivity contribution in [3.05, 3.63) is 52.1 Å². The molecule has 0 saturated heterocycles. The maximum absolute atomic E-state index is 13.4. The van der Waals surface area contributed by atoms with Gasteiger partial charge < -0.3 is 15.5 Å². The number of halogens is 2. The SMILES string of the molecule is NCc1ccc(C(=O)Nc2cc(Br)ccc2F)o1. The van der Waals surface area contributed by atoms with Crippen molar-refractivity contribution < 1.29 is 13.6 Å². The predicted molar refractivity (Wildman–Crippen MR) is 68.7 cm³/mol. The lowest BCUT2D eigenvalue weighted by Crippen LogP contribution is -2.12. The largest absolute Gasteiger partial charge is 0.455 e. The molecule has 0 aliphatic carbocycles. The number of rotatable bonds is 3. The fraction of sp³-hybridized carbons (Fsp3) is 0.0833. The molecular formula is C12H10BrFN2O2. The van der Waals surface area contributed by atoms with Gasteiger partial charge in [-0.25, -0.2) is 4.39 Å². The Balaban J connectivity index is 2.18. The van der Waals surface area contributed by atoms with Crippen molar-refractivity contribution in [1.82, 2.24) is 0 Å². The van der Waals surface area contributed by atoms with Gasteiger partial charge in [0.15, 0.2) is 5.76 Å². The summed E-state index contributed by atoms with van der Waals surface area (Å²) < 4.78 is 19.3. The standard InChI is InChI=1S/C12H10BrFN2O2/c13-7-1-3-9(14)10(5-7)16-12(17)11-4-2-8(6-15)18-11/h1-5H,6,15H2,(H,16,17). The van der Waals surface area contributed by atoms with E-state index in [4.69, 9.17) is 10.2 Å². The zero-order valence-electron chi connectivity index (χ0n) is 9.24. The van der Waals surface area contributed by atoms with Crippen LogP contribution >= 0.6 is 15.9 Å². The summed E-state index contributed by atoms with van der Waals surface area (Å²) in [4.78, 5) is 11.8. The summed E-state index contributed by atoms with van der Waals surface area (Å²) in [5.74, 6) is -0.450. The number of hydrogen-bond acceptors (Lipinski definition) is 3. The quantitative estimate of drug-likeness (QED) is 0.915. The van der Waals surface area contributed by atoms with E-state index in [1.807, 2.05) is 0 Å². The molecule has 0 aliphatic heterocycles. The van der Waals surface area contributed by atoms with Crippen LogP contribution in [0, 0.1) is 5.82 Å². The van der Waals surface area contributed by atoms with Crippen LogP contribution in [0.2, 0.25) is 0 Å². The van der Waals surface area contributed by atoms with E-state index in [9.17, 15) is 9.18 Å². The normalized spacial score (nSPS) is 10.4. The van der Waals surface area contributed by atoms with Gasteiger partial charge in [0.25, 0.3) is 5.91 Å². The van der Waals surface area contributed by atoms with Gasteiger partial charge in [0.1, 0.15) is 11.6 Å². The van der Waals surface area contributed by atoms with Crippen molar-refractivity contribution >= 4 is 27.5 Å². The number of hydrogen-bond donors (Lipinski definition) is 2. The summed E-state index contributed by atoms with van der Waals surface area (Å²) in [5.41, 5.74) is 5.45. The van der Waals surface area contributed by atoms with Crippen LogP contribution < -0.4 is 11.1 Å². The van der Waals surface area contributed by atoms with Gasteiger partial charge in [-0.2, -0.15) is 0 Å². The van der Waals surface area contributed by atoms with Gasteiger partial charge in [-0.15, -0.1) is 0 Å². The van der Waals surface area contributed by atoms with Gasteiger partial charge in [0, 0.05) is 4.47 Å². The first kappa shape index (κ1) is 12.8. The molecule has 0 radical (unpaired) electrons. The lowest BCUT2D eigenvalue weighted by molar-refractivity contribution is 0.0994. The first-order valence-electron chi connectivity index (χ1n) is 5.15. The van der Waals surface area contributed by atoms with E-state index in [1.165, 1.54) is 18.2 Å². The third kappa shape index (κ3) is 2.77. The lowest BCUT2D eigenvalue weighted by Gasteiger charge is -2.05. The van der Waals surface area contributed by atoms with E-state index in [-0.39, 0.29) is 18.0 Å². The summed E-state index contributed by atoms with van der Waals surface area (Å²) in [7, 11) is 0. The fourth-order valence-electron chi connectivity index (χ4n) is 1.39. The Morgan fingerprint density at radius 2 is 2.17 bits per heavy atom.